The van der Waals surface area contributed by atoms with Gasteiger partial charge >= 0.3 is 6.03 Å². The minimum Gasteiger partial charge on any atom is -0.341 e. The molecule has 6 nitrogen and oxygen atoms in total. The minimum atomic E-state index is 0.0180. The number of hydrogen-bond acceptors (Lipinski definition) is 3. The molecule has 1 aliphatic heterocycles. The van der Waals surface area contributed by atoms with Crippen LogP contribution in [0.1, 0.15) is 19.2 Å². The molecule has 0 spiro atoms. The van der Waals surface area contributed by atoms with Gasteiger partial charge in [-0.25, -0.2) is 4.79 Å². The summed E-state index contributed by atoms with van der Waals surface area (Å²) in [6.07, 6.45) is 3.71. The van der Waals surface area contributed by atoms with Crippen LogP contribution in [0.4, 0.5) is 4.79 Å². The molecular formula is C11H19N5O. The van der Waals surface area contributed by atoms with Gasteiger partial charge in [0.1, 0.15) is 12.2 Å². The maximum atomic E-state index is 11.5. The van der Waals surface area contributed by atoms with Crippen LogP contribution in [-0.2, 0) is 13.0 Å². The van der Waals surface area contributed by atoms with E-state index in [1.54, 1.807) is 13.4 Å². The molecule has 2 heterocycles. The van der Waals surface area contributed by atoms with Crippen molar-refractivity contribution < 1.29 is 4.79 Å². The fourth-order valence-electron chi connectivity index (χ4n) is 2.30. The Morgan fingerprint density at radius 2 is 2.47 bits per heavy atom. The zero-order valence-electron chi connectivity index (χ0n) is 10.4. The first-order chi connectivity index (χ1) is 8.24. The summed E-state index contributed by atoms with van der Waals surface area (Å²) < 4.78 is 2.06. The Labute approximate surface area is 101 Å². The topological polar surface area (TPSA) is 63.1 Å². The second-order valence-electron chi connectivity index (χ2n) is 4.39. The van der Waals surface area contributed by atoms with Gasteiger partial charge in [0.2, 0.25) is 0 Å². The van der Waals surface area contributed by atoms with E-state index in [2.05, 4.69) is 27.0 Å². The Balaban J connectivity index is 1.92. The average Bonchev–Trinajstić information content (AvgIpc) is 2.97. The number of nitrogens with zero attached hydrogens (tertiary/aromatic N) is 4. The molecule has 1 fully saturated rings. The summed E-state index contributed by atoms with van der Waals surface area (Å²) in [5.74, 6) is 1.53. The van der Waals surface area contributed by atoms with Crippen LogP contribution >= 0.6 is 0 Å². The van der Waals surface area contributed by atoms with Gasteiger partial charge in [-0.3, -0.25) is 0 Å². The molecule has 1 aromatic heterocycles. The Hall–Kier alpha value is -1.59. The fraction of sp³-hybridized carbons (Fsp3) is 0.727. The van der Waals surface area contributed by atoms with Gasteiger partial charge in [0.25, 0.3) is 0 Å². The first-order valence-corrected chi connectivity index (χ1v) is 6.08. The molecule has 0 aromatic carbocycles. The Morgan fingerprint density at radius 1 is 1.65 bits per heavy atom. The third-order valence-corrected chi connectivity index (χ3v) is 3.29. The quantitative estimate of drug-likeness (QED) is 0.832. The number of rotatable bonds is 3. The van der Waals surface area contributed by atoms with Gasteiger partial charge in [0.15, 0.2) is 0 Å². The van der Waals surface area contributed by atoms with Gasteiger partial charge in [-0.1, -0.05) is 0 Å². The smallest absolute Gasteiger partial charge is 0.317 e. The van der Waals surface area contributed by atoms with E-state index in [4.69, 9.17) is 0 Å². The zero-order chi connectivity index (χ0) is 12.3. The van der Waals surface area contributed by atoms with Crippen LogP contribution in [0, 0.1) is 5.92 Å². The molecule has 0 bridgehead atoms. The van der Waals surface area contributed by atoms with Crippen molar-refractivity contribution >= 4 is 6.03 Å². The van der Waals surface area contributed by atoms with E-state index in [0.29, 0.717) is 5.92 Å². The number of urea groups is 1. The number of hydrogen-bond donors (Lipinski definition) is 1. The van der Waals surface area contributed by atoms with Crippen LogP contribution in [0.5, 0.6) is 0 Å². The largest absolute Gasteiger partial charge is 0.341 e. The molecule has 0 radical (unpaired) electrons. The lowest BCUT2D eigenvalue weighted by Crippen LogP contribution is -2.36. The summed E-state index contributed by atoms with van der Waals surface area (Å²) in [4.78, 5) is 13.3. The Bertz CT molecular complexity index is 389. The lowest BCUT2D eigenvalue weighted by molar-refractivity contribution is 0.209. The summed E-state index contributed by atoms with van der Waals surface area (Å²) in [7, 11) is 1.67. The molecule has 0 aliphatic carbocycles. The lowest BCUT2D eigenvalue weighted by atomic mass is 10.0. The molecule has 1 aliphatic rings. The van der Waals surface area contributed by atoms with Crippen molar-refractivity contribution in [2.45, 2.75) is 26.3 Å². The number of nitrogens with one attached hydrogen (secondary N) is 1. The molecule has 1 N–H and O–H groups in total. The summed E-state index contributed by atoms with van der Waals surface area (Å²) in [6, 6.07) is 0.0180. The van der Waals surface area contributed by atoms with Crippen molar-refractivity contribution in [1.82, 2.24) is 25.0 Å². The number of aromatic nitrogens is 3. The molecule has 94 valence electrons. The number of aryl methyl sites for hydroxylation is 1. The highest BCUT2D eigenvalue weighted by molar-refractivity contribution is 5.74. The van der Waals surface area contributed by atoms with E-state index in [0.717, 1.165) is 38.3 Å². The third-order valence-electron chi connectivity index (χ3n) is 3.29. The molecule has 1 atom stereocenters. The maximum Gasteiger partial charge on any atom is 0.317 e. The molecule has 2 amide bonds. The highest BCUT2D eigenvalue weighted by Gasteiger charge is 2.26. The van der Waals surface area contributed by atoms with Gasteiger partial charge in [-0.05, 0) is 19.3 Å². The van der Waals surface area contributed by atoms with E-state index in [9.17, 15) is 4.79 Å². The number of amides is 2. The first-order valence-electron chi connectivity index (χ1n) is 6.08. The van der Waals surface area contributed by atoms with Crippen LogP contribution in [-0.4, -0.2) is 45.8 Å². The van der Waals surface area contributed by atoms with E-state index >= 15 is 0 Å². The third kappa shape index (κ3) is 2.57. The second-order valence-corrected chi connectivity index (χ2v) is 4.39. The van der Waals surface area contributed by atoms with Crippen molar-refractivity contribution in [3.8, 4) is 0 Å². The van der Waals surface area contributed by atoms with Gasteiger partial charge < -0.3 is 14.8 Å². The Morgan fingerprint density at radius 3 is 3.18 bits per heavy atom. The predicted octanol–water partition coefficient (Wildman–Crippen LogP) is 0.502. The molecule has 17 heavy (non-hydrogen) atoms. The minimum absolute atomic E-state index is 0.0180. The fourth-order valence-corrected chi connectivity index (χ4v) is 2.30. The van der Waals surface area contributed by atoms with Crippen LogP contribution < -0.4 is 5.32 Å². The number of carbonyl (C=O) groups is 1. The van der Waals surface area contributed by atoms with E-state index in [-0.39, 0.29) is 6.03 Å². The Kier molecular flexibility index (Phi) is 3.61. The number of carbonyl (C=O) groups excluding carboxylic acids is 1. The number of likely N-dealkylation sites (tertiary alicyclic amines) is 1. The maximum absolute atomic E-state index is 11.5. The molecular weight excluding hydrogens is 218 g/mol. The molecule has 1 saturated heterocycles. The van der Waals surface area contributed by atoms with Gasteiger partial charge in [-0.2, -0.15) is 0 Å². The summed E-state index contributed by atoms with van der Waals surface area (Å²) in [6.45, 7) is 4.63. The first kappa shape index (κ1) is 11.9. The highest BCUT2D eigenvalue weighted by Crippen LogP contribution is 2.19. The van der Waals surface area contributed by atoms with Crippen molar-refractivity contribution in [2.75, 3.05) is 20.1 Å². The van der Waals surface area contributed by atoms with Gasteiger partial charge in [0.05, 0.1) is 0 Å². The van der Waals surface area contributed by atoms with Crippen LogP contribution in [0.2, 0.25) is 0 Å². The van der Waals surface area contributed by atoms with Crippen molar-refractivity contribution in [2.24, 2.45) is 5.92 Å². The summed E-state index contributed by atoms with van der Waals surface area (Å²) in [5, 5.41) is 10.7. The SMILES string of the molecule is CCn1cnnc1CC1CCN(C(=O)NC)C1. The highest BCUT2D eigenvalue weighted by atomic mass is 16.2. The summed E-state index contributed by atoms with van der Waals surface area (Å²) >= 11 is 0. The normalized spacial score (nSPS) is 19.6. The van der Waals surface area contributed by atoms with Crippen LogP contribution in [0.25, 0.3) is 0 Å². The monoisotopic (exact) mass is 237 g/mol. The molecule has 1 aromatic rings. The van der Waals surface area contributed by atoms with E-state index in [1.165, 1.54) is 0 Å². The van der Waals surface area contributed by atoms with E-state index in [1.807, 2.05) is 4.90 Å². The van der Waals surface area contributed by atoms with Crippen molar-refractivity contribution in [1.29, 1.82) is 0 Å². The standard InChI is InChI=1S/C11H19N5O/c1-3-15-8-13-14-10(15)6-9-4-5-16(7-9)11(17)12-2/h8-9H,3-7H2,1-2H3,(H,12,17). The molecule has 0 saturated carbocycles. The van der Waals surface area contributed by atoms with Gasteiger partial charge in [0, 0.05) is 33.1 Å². The molecule has 2 rings (SSSR count). The van der Waals surface area contributed by atoms with Gasteiger partial charge in [-0.15, -0.1) is 10.2 Å². The van der Waals surface area contributed by atoms with Crippen LogP contribution in [0.3, 0.4) is 0 Å². The zero-order valence-corrected chi connectivity index (χ0v) is 10.4. The average molecular weight is 237 g/mol. The second kappa shape index (κ2) is 5.16. The summed E-state index contributed by atoms with van der Waals surface area (Å²) in [5.41, 5.74) is 0. The van der Waals surface area contributed by atoms with Crippen molar-refractivity contribution in [3.63, 3.8) is 0 Å². The van der Waals surface area contributed by atoms with Crippen LogP contribution in [0.15, 0.2) is 6.33 Å². The van der Waals surface area contributed by atoms with Crippen molar-refractivity contribution in [3.05, 3.63) is 12.2 Å². The lowest BCUT2D eigenvalue weighted by Gasteiger charge is -2.15. The molecule has 6 heteroatoms. The molecule has 1 unspecified atom stereocenters. The van der Waals surface area contributed by atoms with E-state index < -0.39 is 0 Å². The predicted molar refractivity (Wildman–Crippen MR) is 63.5 cm³/mol.